The Morgan fingerprint density at radius 3 is 2.32 bits per heavy atom. The van der Waals surface area contributed by atoms with Crippen molar-refractivity contribution in [2.75, 3.05) is 31.5 Å². The molecule has 1 atom stereocenters. The minimum atomic E-state index is -0.108. The molecule has 1 amide bonds. The number of piperazine rings is 1. The molecule has 2 aromatic rings. The molecule has 5 nitrogen and oxygen atoms in total. The summed E-state index contributed by atoms with van der Waals surface area (Å²) < 4.78 is 0. The van der Waals surface area contributed by atoms with E-state index in [0.29, 0.717) is 5.56 Å². The van der Waals surface area contributed by atoms with Gasteiger partial charge in [-0.25, -0.2) is 0 Å². The minimum absolute atomic E-state index is 0.0489. The molecule has 0 saturated carbocycles. The summed E-state index contributed by atoms with van der Waals surface area (Å²) in [5.41, 5.74) is 4.13. The third kappa shape index (κ3) is 5.27. The number of benzene rings is 2. The highest BCUT2D eigenvalue weighted by Gasteiger charge is 2.31. The molecule has 2 aromatic carbocycles. The van der Waals surface area contributed by atoms with Crippen molar-refractivity contribution in [2.24, 2.45) is 0 Å². The van der Waals surface area contributed by atoms with Crippen LogP contribution in [0.25, 0.3) is 0 Å². The zero-order valence-corrected chi connectivity index (χ0v) is 17.0. The number of anilines is 1. The van der Waals surface area contributed by atoms with Gasteiger partial charge in [-0.2, -0.15) is 0 Å². The molecule has 0 spiro atoms. The number of Topliss-reactive ketones (excluding diaryl/α,β-unsaturated/α-hetero) is 1. The topological polar surface area (TPSA) is 55.0 Å². The van der Waals surface area contributed by atoms with Gasteiger partial charge in [0.15, 0.2) is 0 Å². The van der Waals surface area contributed by atoms with Crippen LogP contribution in [0, 0.1) is 6.92 Å². The maximum absolute atomic E-state index is 12.9. The highest BCUT2D eigenvalue weighted by atomic mass is 16.1. The third-order valence-electron chi connectivity index (χ3n) is 5.63. The number of hydrogen-bond acceptors (Lipinski definition) is 2. The molecular weight excluding hydrogens is 350 g/mol. The lowest BCUT2D eigenvalue weighted by Gasteiger charge is -2.32. The Kier molecular flexibility index (Phi) is 6.60. The van der Waals surface area contributed by atoms with Gasteiger partial charge in [-0.1, -0.05) is 29.8 Å². The molecule has 0 aromatic heterocycles. The molecule has 1 heterocycles. The fourth-order valence-corrected chi connectivity index (χ4v) is 4.00. The number of carbonyl (C=O) groups is 2. The standard InChI is InChI=1S/C23H29N3O2/c1-17-5-4-6-20(15-17)16-25-11-13-26(14-12-25)18(2)23(28)21-7-9-22(10-8-21)24-19(3)27/h4-10,15,18H,11-14,16H2,1-3H3,(H,24,27)/p+2/t18-/m0/s1. The second-order valence-electron chi connectivity index (χ2n) is 7.92. The van der Waals surface area contributed by atoms with Gasteiger partial charge in [0.05, 0.1) is 0 Å². The Labute approximate surface area is 167 Å². The van der Waals surface area contributed by atoms with Crippen molar-refractivity contribution in [1.29, 1.82) is 0 Å². The quantitative estimate of drug-likeness (QED) is 0.639. The predicted octanol–water partition coefficient (Wildman–Crippen LogP) is 0.508. The van der Waals surface area contributed by atoms with Crippen LogP contribution in [0.4, 0.5) is 5.69 Å². The van der Waals surface area contributed by atoms with Gasteiger partial charge in [0.1, 0.15) is 38.8 Å². The van der Waals surface area contributed by atoms with Crippen molar-refractivity contribution in [3.8, 4) is 0 Å². The largest absolute Gasteiger partial charge is 0.326 e. The summed E-state index contributed by atoms with van der Waals surface area (Å²) in [7, 11) is 0. The van der Waals surface area contributed by atoms with Crippen molar-refractivity contribution < 1.29 is 19.4 Å². The number of rotatable bonds is 6. The first-order chi connectivity index (χ1) is 13.4. The number of carbonyl (C=O) groups excluding carboxylic acids is 2. The summed E-state index contributed by atoms with van der Waals surface area (Å²) in [4.78, 5) is 27.0. The van der Waals surface area contributed by atoms with Crippen LogP contribution in [0.3, 0.4) is 0 Å². The Hall–Kier alpha value is -2.50. The average Bonchev–Trinajstić information content (AvgIpc) is 2.68. The molecule has 148 valence electrons. The van der Waals surface area contributed by atoms with Gasteiger partial charge < -0.3 is 15.1 Å². The van der Waals surface area contributed by atoms with E-state index in [1.165, 1.54) is 23.0 Å². The minimum Gasteiger partial charge on any atom is -0.326 e. The molecule has 1 fully saturated rings. The number of hydrogen-bond donors (Lipinski definition) is 3. The van der Waals surface area contributed by atoms with Crippen LogP contribution >= 0.6 is 0 Å². The van der Waals surface area contributed by atoms with Gasteiger partial charge in [-0.3, -0.25) is 9.59 Å². The van der Waals surface area contributed by atoms with Gasteiger partial charge >= 0.3 is 0 Å². The van der Waals surface area contributed by atoms with Crippen LogP contribution < -0.4 is 15.1 Å². The summed E-state index contributed by atoms with van der Waals surface area (Å²) in [5, 5.41) is 2.73. The normalized spacial score (nSPS) is 20.4. The van der Waals surface area contributed by atoms with E-state index in [1.807, 2.05) is 19.1 Å². The van der Waals surface area contributed by atoms with E-state index in [4.69, 9.17) is 0 Å². The van der Waals surface area contributed by atoms with Crippen LogP contribution in [-0.2, 0) is 11.3 Å². The summed E-state index contributed by atoms with van der Waals surface area (Å²) in [6.07, 6.45) is 0. The summed E-state index contributed by atoms with van der Waals surface area (Å²) in [5.74, 6) is 0.0643. The Morgan fingerprint density at radius 2 is 1.71 bits per heavy atom. The van der Waals surface area contributed by atoms with E-state index < -0.39 is 0 Å². The van der Waals surface area contributed by atoms with Crippen LogP contribution in [0.5, 0.6) is 0 Å². The monoisotopic (exact) mass is 381 g/mol. The molecule has 0 aliphatic carbocycles. The maximum atomic E-state index is 12.9. The SMILES string of the molecule is CC(=O)Nc1ccc(C(=O)[C@H](C)[NH+]2CC[NH+](Cc3cccc(C)c3)CC2)cc1. The Bertz CT molecular complexity index is 824. The second kappa shape index (κ2) is 9.13. The summed E-state index contributed by atoms with van der Waals surface area (Å²) in [6, 6.07) is 15.9. The zero-order valence-electron chi connectivity index (χ0n) is 17.0. The lowest BCUT2D eigenvalue weighted by atomic mass is 10.0. The molecule has 0 unspecified atom stereocenters. The van der Waals surface area contributed by atoms with Gasteiger partial charge in [0.25, 0.3) is 0 Å². The predicted molar refractivity (Wildman–Crippen MR) is 111 cm³/mol. The first-order valence-electron chi connectivity index (χ1n) is 10.1. The molecule has 28 heavy (non-hydrogen) atoms. The molecule has 0 radical (unpaired) electrons. The molecule has 1 saturated heterocycles. The highest BCUT2D eigenvalue weighted by molar-refractivity contribution is 5.99. The van der Waals surface area contributed by atoms with E-state index in [9.17, 15) is 9.59 Å². The second-order valence-corrected chi connectivity index (χ2v) is 7.92. The fourth-order valence-electron chi connectivity index (χ4n) is 4.00. The third-order valence-corrected chi connectivity index (χ3v) is 5.63. The molecule has 1 aliphatic heterocycles. The smallest absolute Gasteiger partial charge is 0.221 e. The lowest BCUT2D eigenvalue weighted by Crippen LogP contribution is -3.29. The maximum Gasteiger partial charge on any atom is 0.221 e. The van der Waals surface area contributed by atoms with E-state index in [2.05, 4.69) is 36.5 Å². The lowest BCUT2D eigenvalue weighted by molar-refractivity contribution is -1.02. The van der Waals surface area contributed by atoms with E-state index >= 15 is 0 Å². The van der Waals surface area contributed by atoms with Crippen LogP contribution in [0.1, 0.15) is 35.3 Å². The molecule has 3 rings (SSSR count). The van der Waals surface area contributed by atoms with Crippen LogP contribution in [0.2, 0.25) is 0 Å². The molecule has 0 bridgehead atoms. The molecule has 1 aliphatic rings. The van der Waals surface area contributed by atoms with E-state index in [0.717, 1.165) is 38.4 Å². The van der Waals surface area contributed by atoms with Crippen LogP contribution in [-0.4, -0.2) is 43.9 Å². The molecular formula is C23H31N3O2+2. The molecule has 5 heteroatoms. The fraction of sp³-hybridized carbons (Fsp3) is 0.391. The summed E-state index contributed by atoms with van der Waals surface area (Å²) in [6.45, 7) is 10.9. The van der Waals surface area contributed by atoms with Crippen molar-refractivity contribution in [3.05, 3.63) is 65.2 Å². The van der Waals surface area contributed by atoms with Crippen molar-refractivity contribution in [1.82, 2.24) is 0 Å². The number of amides is 1. The summed E-state index contributed by atoms with van der Waals surface area (Å²) >= 11 is 0. The number of quaternary nitrogens is 2. The number of aryl methyl sites for hydroxylation is 1. The highest BCUT2D eigenvalue weighted by Crippen LogP contribution is 2.11. The van der Waals surface area contributed by atoms with E-state index in [-0.39, 0.29) is 17.7 Å². The van der Waals surface area contributed by atoms with Crippen molar-refractivity contribution in [3.63, 3.8) is 0 Å². The van der Waals surface area contributed by atoms with Gasteiger partial charge in [-0.05, 0) is 38.1 Å². The van der Waals surface area contributed by atoms with Crippen molar-refractivity contribution in [2.45, 2.75) is 33.4 Å². The molecule has 3 N–H and O–H groups in total. The van der Waals surface area contributed by atoms with Gasteiger partial charge in [0.2, 0.25) is 11.7 Å². The average molecular weight is 382 g/mol. The Balaban J connectivity index is 1.53. The van der Waals surface area contributed by atoms with Gasteiger partial charge in [-0.15, -0.1) is 0 Å². The first-order valence-corrected chi connectivity index (χ1v) is 10.1. The van der Waals surface area contributed by atoms with Crippen molar-refractivity contribution >= 4 is 17.4 Å². The van der Waals surface area contributed by atoms with E-state index in [1.54, 1.807) is 17.0 Å². The Morgan fingerprint density at radius 1 is 1.04 bits per heavy atom. The van der Waals surface area contributed by atoms with Gasteiger partial charge in [0, 0.05) is 23.7 Å². The van der Waals surface area contributed by atoms with Crippen LogP contribution in [0.15, 0.2) is 48.5 Å². The number of nitrogens with one attached hydrogen (secondary N) is 3. The first kappa shape index (κ1) is 20.2. The zero-order chi connectivity index (χ0) is 20.1. The number of ketones is 1.